The maximum absolute atomic E-state index is 12.1. The minimum absolute atomic E-state index is 0.0971. The van der Waals surface area contributed by atoms with Gasteiger partial charge in [0, 0.05) is 0 Å². The van der Waals surface area contributed by atoms with E-state index in [9.17, 15) is 9.59 Å². The summed E-state index contributed by atoms with van der Waals surface area (Å²) in [7, 11) is 0. The fourth-order valence-corrected chi connectivity index (χ4v) is 2.24. The SMILES string of the molecule is C/C=C\CC1(CC(C)C)C(=O)NC(=S)NC1=O. The highest BCUT2D eigenvalue weighted by atomic mass is 32.1. The Bertz CT molecular complexity index is 355. The monoisotopic (exact) mass is 254 g/mol. The highest BCUT2D eigenvalue weighted by Crippen LogP contribution is 2.33. The molecule has 0 radical (unpaired) electrons. The summed E-state index contributed by atoms with van der Waals surface area (Å²) < 4.78 is 0. The van der Waals surface area contributed by atoms with Gasteiger partial charge in [0.1, 0.15) is 5.41 Å². The van der Waals surface area contributed by atoms with Gasteiger partial charge in [0.25, 0.3) is 0 Å². The molecular weight excluding hydrogens is 236 g/mol. The van der Waals surface area contributed by atoms with Crippen LogP contribution in [0.2, 0.25) is 0 Å². The van der Waals surface area contributed by atoms with Crippen molar-refractivity contribution in [3.8, 4) is 0 Å². The smallest absolute Gasteiger partial charge is 0.242 e. The Morgan fingerprint density at radius 2 is 1.82 bits per heavy atom. The van der Waals surface area contributed by atoms with Crippen LogP contribution in [-0.4, -0.2) is 16.9 Å². The van der Waals surface area contributed by atoms with Crippen LogP contribution in [0.25, 0.3) is 0 Å². The summed E-state index contributed by atoms with van der Waals surface area (Å²) in [4.78, 5) is 24.2. The van der Waals surface area contributed by atoms with E-state index in [0.29, 0.717) is 12.8 Å². The average molecular weight is 254 g/mol. The first-order chi connectivity index (χ1) is 7.92. The molecule has 1 aliphatic heterocycles. The van der Waals surface area contributed by atoms with Crippen molar-refractivity contribution in [2.24, 2.45) is 11.3 Å². The third-order valence-electron chi connectivity index (χ3n) is 2.78. The van der Waals surface area contributed by atoms with Crippen LogP contribution in [-0.2, 0) is 9.59 Å². The molecule has 0 bridgehead atoms. The normalized spacial score (nSPS) is 19.6. The standard InChI is InChI=1S/C12H18N2O2S/c1-4-5-6-12(7-8(2)3)9(15)13-11(17)14-10(12)16/h4-5,8H,6-7H2,1-3H3,(H2,13,14,15,16,17)/b5-4-. The van der Waals surface area contributed by atoms with Gasteiger partial charge in [-0.15, -0.1) is 0 Å². The van der Waals surface area contributed by atoms with Crippen molar-refractivity contribution in [1.29, 1.82) is 0 Å². The molecule has 0 atom stereocenters. The second-order valence-electron chi connectivity index (χ2n) is 4.69. The Kier molecular flexibility index (Phi) is 4.40. The molecule has 1 saturated heterocycles. The van der Waals surface area contributed by atoms with Crippen LogP contribution in [0.4, 0.5) is 0 Å². The fraction of sp³-hybridized carbons (Fsp3) is 0.583. The van der Waals surface area contributed by atoms with Crippen molar-refractivity contribution in [1.82, 2.24) is 10.6 Å². The number of hydrogen-bond acceptors (Lipinski definition) is 3. The number of carbonyl (C=O) groups excluding carboxylic acids is 2. The third-order valence-corrected chi connectivity index (χ3v) is 2.99. The molecular formula is C12H18N2O2S. The fourth-order valence-electron chi connectivity index (χ4n) is 2.05. The highest BCUT2D eigenvalue weighted by Gasteiger charge is 2.48. The van der Waals surface area contributed by atoms with Gasteiger partial charge in [0.2, 0.25) is 11.8 Å². The van der Waals surface area contributed by atoms with Crippen molar-refractivity contribution in [3.63, 3.8) is 0 Å². The summed E-state index contributed by atoms with van der Waals surface area (Å²) in [5.74, 6) is -0.334. The molecule has 0 aromatic heterocycles. The molecule has 2 N–H and O–H groups in total. The first kappa shape index (κ1) is 13.8. The van der Waals surface area contributed by atoms with Gasteiger partial charge < -0.3 is 10.6 Å². The molecule has 0 unspecified atom stereocenters. The number of carbonyl (C=O) groups is 2. The molecule has 0 aromatic rings. The van der Waals surface area contributed by atoms with Gasteiger partial charge in [-0.1, -0.05) is 26.0 Å². The summed E-state index contributed by atoms with van der Waals surface area (Å²) in [6.07, 6.45) is 4.60. The summed E-state index contributed by atoms with van der Waals surface area (Å²) in [6, 6.07) is 0. The van der Waals surface area contributed by atoms with E-state index in [0.717, 1.165) is 0 Å². The van der Waals surface area contributed by atoms with Crippen molar-refractivity contribution in [2.45, 2.75) is 33.6 Å². The molecule has 4 nitrogen and oxygen atoms in total. The topological polar surface area (TPSA) is 58.2 Å². The zero-order valence-electron chi connectivity index (χ0n) is 10.4. The molecule has 0 aromatic carbocycles. The molecule has 1 rings (SSSR count). The highest BCUT2D eigenvalue weighted by molar-refractivity contribution is 7.80. The predicted molar refractivity (Wildman–Crippen MR) is 70.2 cm³/mol. The Hall–Kier alpha value is -1.23. The van der Waals surface area contributed by atoms with Crippen LogP contribution in [0.5, 0.6) is 0 Å². The summed E-state index contributed by atoms with van der Waals surface area (Å²) >= 11 is 4.81. The zero-order valence-corrected chi connectivity index (χ0v) is 11.2. The van der Waals surface area contributed by atoms with Crippen LogP contribution < -0.4 is 10.6 Å². The van der Waals surface area contributed by atoms with Crippen LogP contribution in [0.1, 0.15) is 33.6 Å². The summed E-state index contributed by atoms with van der Waals surface area (Å²) in [5.41, 5.74) is -1.02. The van der Waals surface area contributed by atoms with Gasteiger partial charge in [-0.05, 0) is 37.9 Å². The van der Waals surface area contributed by atoms with Crippen molar-refractivity contribution in [3.05, 3.63) is 12.2 Å². The zero-order chi connectivity index (χ0) is 13.1. The largest absolute Gasteiger partial charge is 0.302 e. The quantitative estimate of drug-likeness (QED) is 0.454. The van der Waals surface area contributed by atoms with E-state index in [1.165, 1.54) is 0 Å². The number of thiocarbonyl (C=S) groups is 1. The van der Waals surface area contributed by atoms with Crippen LogP contribution in [0.15, 0.2) is 12.2 Å². The minimum atomic E-state index is -1.02. The molecule has 1 heterocycles. The van der Waals surface area contributed by atoms with E-state index in [-0.39, 0.29) is 22.8 Å². The van der Waals surface area contributed by atoms with E-state index in [1.807, 2.05) is 32.9 Å². The molecule has 0 saturated carbocycles. The van der Waals surface area contributed by atoms with E-state index in [1.54, 1.807) is 0 Å². The molecule has 0 spiro atoms. The van der Waals surface area contributed by atoms with E-state index in [2.05, 4.69) is 10.6 Å². The second kappa shape index (κ2) is 5.40. The Morgan fingerprint density at radius 1 is 1.29 bits per heavy atom. The van der Waals surface area contributed by atoms with Gasteiger partial charge >= 0.3 is 0 Å². The number of hydrogen-bond donors (Lipinski definition) is 2. The van der Waals surface area contributed by atoms with E-state index < -0.39 is 5.41 Å². The number of amides is 2. The van der Waals surface area contributed by atoms with E-state index >= 15 is 0 Å². The first-order valence-electron chi connectivity index (χ1n) is 5.70. The molecule has 5 heteroatoms. The van der Waals surface area contributed by atoms with Gasteiger partial charge in [0.05, 0.1) is 0 Å². The molecule has 2 amide bonds. The van der Waals surface area contributed by atoms with Crippen LogP contribution in [0, 0.1) is 11.3 Å². The third kappa shape index (κ3) is 2.91. The lowest BCUT2D eigenvalue weighted by molar-refractivity contribution is -0.144. The van der Waals surface area contributed by atoms with Gasteiger partial charge in [-0.25, -0.2) is 0 Å². The number of allylic oxidation sites excluding steroid dienone is 2. The summed E-state index contributed by atoms with van der Waals surface area (Å²) in [6.45, 7) is 5.85. The van der Waals surface area contributed by atoms with Crippen LogP contribution >= 0.6 is 12.2 Å². The van der Waals surface area contributed by atoms with Crippen molar-refractivity contribution < 1.29 is 9.59 Å². The van der Waals surface area contributed by atoms with Crippen molar-refractivity contribution in [2.75, 3.05) is 0 Å². The summed E-state index contributed by atoms with van der Waals surface area (Å²) in [5, 5.41) is 5.18. The molecule has 1 aliphatic rings. The minimum Gasteiger partial charge on any atom is -0.302 e. The Labute approximate surface area is 107 Å². The average Bonchev–Trinajstić information content (AvgIpc) is 2.21. The lowest BCUT2D eigenvalue weighted by atomic mass is 9.74. The van der Waals surface area contributed by atoms with Gasteiger partial charge in [0.15, 0.2) is 5.11 Å². The molecule has 1 fully saturated rings. The van der Waals surface area contributed by atoms with Gasteiger partial charge in [-0.2, -0.15) is 0 Å². The van der Waals surface area contributed by atoms with E-state index in [4.69, 9.17) is 12.2 Å². The first-order valence-corrected chi connectivity index (χ1v) is 6.11. The second-order valence-corrected chi connectivity index (χ2v) is 5.10. The lowest BCUT2D eigenvalue weighted by Gasteiger charge is -2.35. The maximum Gasteiger partial charge on any atom is 0.242 e. The van der Waals surface area contributed by atoms with Crippen LogP contribution in [0.3, 0.4) is 0 Å². The Morgan fingerprint density at radius 3 is 2.24 bits per heavy atom. The lowest BCUT2D eigenvalue weighted by Crippen LogP contribution is -2.62. The Balaban J connectivity index is 3.05. The number of rotatable bonds is 4. The van der Waals surface area contributed by atoms with Gasteiger partial charge in [-0.3, -0.25) is 9.59 Å². The molecule has 0 aliphatic carbocycles. The molecule has 17 heavy (non-hydrogen) atoms. The number of nitrogens with one attached hydrogen (secondary N) is 2. The molecule has 94 valence electrons. The maximum atomic E-state index is 12.1. The van der Waals surface area contributed by atoms with Crippen molar-refractivity contribution >= 4 is 29.1 Å². The predicted octanol–water partition coefficient (Wildman–Crippen LogP) is 1.52.